The monoisotopic (exact) mass is 301 g/mol. The van der Waals surface area contributed by atoms with Gasteiger partial charge in [-0.05, 0) is 13.3 Å². The van der Waals surface area contributed by atoms with E-state index in [-0.39, 0.29) is 11.3 Å². The number of fused-ring (bicyclic) bond motifs is 1. The molecule has 3 heterocycles. The molecule has 0 aliphatic rings. The van der Waals surface area contributed by atoms with Gasteiger partial charge in [0.25, 0.3) is 0 Å². The highest BCUT2D eigenvalue weighted by atomic mass is 16.6. The zero-order valence-corrected chi connectivity index (χ0v) is 12.0. The normalized spacial score (nSPS) is 11.0. The van der Waals surface area contributed by atoms with Gasteiger partial charge in [-0.1, -0.05) is 0 Å². The maximum absolute atomic E-state index is 11.0. The number of nitrogens with zero attached hydrogens (tertiary/aromatic N) is 6. The molecule has 3 rings (SSSR count). The van der Waals surface area contributed by atoms with Crippen LogP contribution in [0.1, 0.15) is 12.1 Å². The summed E-state index contributed by atoms with van der Waals surface area (Å²) in [6, 6.07) is 1.82. The number of rotatable bonds is 6. The lowest BCUT2D eigenvalue weighted by molar-refractivity contribution is -0.383. The fourth-order valence-electron chi connectivity index (χ4n) is 2.22. The third kappa shape index (κ3) is 2.73. The van der Waals surface area contributed by atoms with Crippen LogP contribution in [-0.4, -0.2) is 35.6 Å². The Morgan fingerprint density at radius 1 is 1.45 bits per heavy atom. The summed E-state index contributed by atoms with van der Waals surface area (Å²) in [4.78, 5) is 18.7. The average Bonchev–Trinajstić information content (AvgIpc) is 3.12. The van der Waals surface area contributed by atoms with Crippen molar-refractivity contribution in [3.63, 3.8) is 0 Å². The third-order valence-corrected chi connectivity index (χ3v) is 3.24. The van der Waals surface area contributed by atoms with Crippen LogP contribution in [0.5, 0.6) is 0 Å². The van der Waals surface area contributed by atoms with Gasteiger partial charge < -0.3 is 9.88 Å². The van der Waals surface area contributed by atoms with E-state index in [0.29, 0.717) is 18.1 Å². The first-order chi connectivity index (χ1) is 10.6. The maximum atomic E-state index is 11.0. The molecule has 9 nitrogen and oxygen atoms in total. The van der Waals surface area contributed by atoms with Crippen LogP contribution in [0.25, 0.3) is 5.65 Å². The first-order valence-electron chi connectivity index (χ1n) is 6.84. The zero-order chi connectivity index (χ0) is 15.5. The molecule has 0 aromatic carbocycles. The number of nitro groups is 1. The van der Waals surface area contributed by atoms with E-state index in [0.717, 1.165) is 13.0 Å². The summed E-state index contributed by atoms with van der Waals surface area (Å²) in [7, 11) is 0. The van der Waals surface area contributed by atoms with E-state index in [1.165, 1.54) is 10.7 Å². The summed E-state index contributed by atoms with van der Waals surface area (Å²) < 4.78 is 3.45. The van der Waals surface area contributed by atoms with Gasteiger partial charge in [0.15, 0.2) is 0 Å². The Balaban J connectivity index is 1.74. The molecule has 0 unspecified atom stereocenters. The number of imidazole rings is 1. The number of aromatic nitrogens is 5. The largest absolute Gasteiger partial charge is 0.370 e. The summed E-state index contributed by atoms with van der Waals surface area (Å²) in [5, 5.41) is 18.3. The lowest BCUT2D eigenvalue weighted by Crippen LogP contribution is -2.10. The Kier molecular flexibility index (Phi) is 3.69. The highest BCUT2D eigenvalue weighted by molar-refractivity contribution is 5.62. The van der Waals surface area contributed by atoms with Crippen molar-refractivity contribution in [3.8, 4) is 0 Å². The molecule has 0 saturated heterocycles. The minimum Gasteiger partial charge on any atom is -0.370 e. The van der Waals surface area contributed by atoms with E-state index in [1.54, 1.807) is 19.4 Å². The summed E-state index contributed by atoms with van der Waals surface area (Å²) in [5.41, 5.74) is 0.862. The quantitative estimate of drug-likeness (QED) is 0.422. The van der Waals surface area contributed by atoms with Gasteiger partial charge in [0.2, 0.25) is 5.65 Å². The predicted molar refractivity (Wildman–Crippen MR) is 79.7 cm³/mol. The van der Waals surface area contributed by atoms with Crippen molar-refractivity contribution < 1.29 is 4.92 Å². The van der Waals surface area contributed by atoms with Crippen molar-refractivity contribution in [2.45, 2.75) is 19.9 Å². The van der Waals surface area contributed by atoms with Crippen molar-refractivity contribution in [3.05, 3.63) is 46.8 Å². The van der Waals surface area contributed by atoms with E-state index < -0.39 is 4.92 Å². The predicted octanol–water partition coefficient (Wildman–Crippen LogP) is 1.64. The zero-order valence-electron chi connectivity index (χ0n) is 12.0. The van der Waals surface area contributed by atoms with E-state index in [2.05, 4.69) is 20.4 Å². The minimum absolute atomic E-state index is 0.0924. The number of aryl methyl sites for hydroxylation is 2. The van der Waals surface area contributed by atoms with E-state index >= 15 is 0 Å². The molecule has 0 amide bonds. The average molecular weight is 301 g/mol. The second-order valence-corrected chi connectivity index (χ2v) is 4.89. The smallest absolute Gasteiger partial charge is 0.333 e. The summed E-state index contributed by atoms with van der Waals surface area (Å²) in [6.45, 7) is 3.36. The first-order valence-corrected chi connectivity index (χ1v) is 6.84. The van der Waals surface area contributed by atoms with Gasteiger partial charge in [-0.15, -0.1) is 0 Å². The van der Waals surface area contributed by atoms with Crippen molar-refractivity contribution in [1.82, 2.24) is 24.1 Å². The van der Waals surface area contributed by atoms with E-state index in [4.69, 9.17) is 0 Å². The van der Waals surface area contributed by atoms with E-state index in [1.807, 2.05) is 16.8 Å². The Bertz CT molecular complexity index is 794. The fraction of sp³-hybridized carbons (Fsp3) is 0.308. The minimum atomic E-state index is -0.475. The van der Waals surface area contributed by atoms with Crippen LogP contribution in [0.3, 0.4) is 0 Å². The lowest BCUT2D eigenvalue weighted by atomic mass is 10.3. The van der Waals surface area contributed by atoms with Crippen LogP contribution in [0, 0.1) is 17.0 Å². The summed E-state index contributed by atoms with van der Waals surface area (Å²) >= 11 is 0. The Morgan fingerprint density at radius 3 is 3.05 bits per heavy atom. The second kappa shape index (κ2) is 5.80. The molecular formula is C13H15N7O2. The van der Waals surface area contributed by atoms with Gasteiger partial charge in [-0.3, -0.25) is 10.1 Å². The highest BCUT2D eigenvalue weighted by Gasteiger charge is 2.18. The molecule has 3 aromatic rings. The molecular weight excluding hydrogens is 286 g/mol. The topological polar surface area (TPSA) is 103 Å². The Hall–Kier alpha value is -2.97. The molecule has 0 aliphatic carbocycles. The van der Waals surface area contributed by atoms with Crippen LogP contribution in [0.4, 0.5) is 11.5 Å². The molecule has 9 heteroatoms. The molecule has 0 atom stereocenters. The van der Waals surface area contributed by atoms with Gasteiger partial charge in [-0.2, -0.15) is 9.61 Å². The van der Waals surface area contributed by atoms with Crippen LogP contribution >= 0.6 is 0 Å². The number of hydrogen-bond donors (Lipinski definition) is 1. The standard InChI is InChI=1S/C13H15N7O2/c1-10-7-12(15-3-2-5-18-6-4-14-9-18)19-13(17-10)11(8-16-19)20(21)22/h4,6-9,15H,2-3,5H2,1H3. The summed E-state index contributed by atoms with van der Waals surface area (Å²) in [6.07, 6.45) is 7.53. The second-order valence-electron chi connectivity index (χ2n) is 4.89. The summed E-state index contributed by atoms with van der Waals surface area (Å²) in [5.74, 6) is 0.696. The molecule has 0 radical (unpaired) electrons. The third-order valence-electron chi connectivity index (χ3n) is 3.24. The van der Waals surface area contributed by atoms with Gasteiger partial charge in [0.1, 0.15) is 12.0 Å². The number of hydrogen-bond acceptors (Lipinski definition) is 6. The van der Waals surface area contributed by atoms with Crippen molar-refractivity contribution in [2.24, 2.45) is 0 Å². The van der Waals surface area contributed by atoms with Gasteiger partial charge in [-0.25, -0.2) is 9.97 Å². The Morgan fingerprint density at radius 2 is 2.32 bits per heavy atom. The van der Waals surface area contributed by atoms with Gasteiger partial charge in [0, 0.05) is 37.2 Å². The fourth-order valence-corrected chi connectivity index (χ4v) is 2.22. The lowest BCUT2D eigenvalue weighted by Gasteiger charge is -2.09. The molecule has 1 N–H and O–H groups in total. The molecule has 0 aliphatic heterocycles. The Labute approximate surface area is 125 Å². The maximum Gasteiger partial charge on any atom is 0.333 e. The number of anilines is 1. The molecule has 0 fully saturated rings. The molecule has 0 spiro atoms. The molecule has 22 heavy (non-hydrogen) atoms. The van der Waals surface area contributed by atoms with Gasteiger partial charge >= 0.3 is 5.69 Å². The van der Waals surface area contributed by atoms with Crippen molar-refractivity contribution in [2.75, 3.05) is 11.9 Å². The first kappa shape index (κ1) is 14.0. The SMILES string of the molecule is Cc1cc(NCCCn2ccnc2)n2ncc([N+](=O)[O-])c2n1. The molecule has 0 saturated carbocycles. The van der Waals surface area contributed by atoms with Crippen LogP contribution in [0.2, 0.25) is 0 Å². The van der Waals surface area contributed by atoms with E-state index in [9.17, 15) is 10.1 Å². The highest BCUT2D eigenvalue weighted by Crippen LogP contribution is 2.21. The van der Waals surface area contributed by atoms with Crippen LogP contribution < -0.4 is 5.32 Å². The van der Waals surface area contributed by atoms with Crippen LogP contribution in [0.15, 0.2) is 31.0 Å². The molecule has 0 bridgehead atoms. The van der Waals surface area contributed by atoms with Gasteiger partial charge in [0.05, 0.1) is 11.3 Å². The van der Waals surface area contributed by atoms with Crippen molar-refractivity contribution >= 4 is 17.2 Å². The molecule has 114 valence electrons. The molecule has 3 aromatic heterocycles. The van der Waals surface area contributed by atoms with Crippen LogP contribution in [-0.2, 0) is 6.54 Å². The van der Waals surface area contributed by atoms with Crippen molar-refractivity contribution in [1.29, 1.82) is 0 Å². The number of nitrogens with one attached hydrogen (secondary N) is 1.